The molecule has 1 aromatic rings. The summed E-state index contributed by atoms with van der Waals surface area (Å²) in [5, 5.41) is 0. The van der Waals surface area contributed by atoms with Crippen LogP contribution in [0.4, 0.5) is 5.69 Å². The number of amides is 1. The lowest BCUT2D eigenvalue weighted by Crippen LogP contribution is -2.31. The van der Waals surface area contributed by atoms with Gasteiger partial charge in [-0.15, -0.1) is 0 Å². The quantitative estimate of drug-likeness (QED) is 0.822. The average Bonchev–Trinajstić information content (AvgIpc) is 2.66. The Hall–Kier alpha value is -1.35. The fourth-order valence-electron chi connectivity index (χ4n) is 2.84. The first-order valence-electron chi connectivity index (χ1n) is 6.50. The van der Waals surface area contributed by atoms with Crippen molar-refractivity contribution in [3.8, 4) is 0 Å². The van der Waals surface area contributed by atoms with Crippen molar-refractivity contribution in [1.82, 2.24) is 0 Å². The number of anilines is 1. The number of hydrogen-bond donors (Lipinski definition) is 0. The summed E-state index contributed by atoms with van der Waals surface area (Å²) in [6.07, 6.45) is 0.681. The Morgan fingerprint density at radius 3 is 2.39 bits per heavy atom. The van der Waals surface area contributed by atoms with Crippen molar-refractivity contribution in [2.24, 2.45) is 5.92 Å². The van der Waals surface area contributed by atoms with Gasteiger partial charge >= 0.3 is 0 Å². The molecule has 2 atom stereocenters. The minimum Gasteiger partial charge on any atom is -0.371 e. The van der Waals surface area contributed by atoms with Crippen LogP contribution < -0.4 is 4.90 Å². The molecule has 98 valence electrons. The second kappa shape index (κ2) is 5.11. The molecule has 18 heavy (non-hydrogen) atoms. The van der Waals surface area contributed by atoms with Gasteiger partial charge in [0.1, 0.15) is 6.10 Å². The molecule has 1 amide bonds. The molecule has 2 rings (SSSR count). The number of hydrogen-bond acceptors (Lipinski definition) is 2. The summed E-state index contributed by atoms with van der Waals surface area (Å²) in [6, 6.07) is 6.13. The normalized spacial score (nSPS) is 23.8. The van der Waals surface area contributed by atoms with E-state index in [9.17, 15) is 4.79 Å². The van der Waals surface area contributed by atoms with E-state index < -0.39 is 0 Å². The number of para-hydroxylation sites is 1. The van der Waals surface area contributed by atoms with Gasteiger partial charge in [0, 0.05) is 25.3 Å². The van der Waals surface area contributed by atoms with Crippen molar-refractivity contribution in [3.05, 3.63) is 29.3 Å². The van der Waals surface area contributed by atoms with E-state index >= 15 is 0 Å². The van der Waals surface area contributed by atoms with Crippen molar-refractivity contribution >= 4 is 11.6 Å². The van der Waals surface area contributed by atoms with Crippen LogP contribution >= 0.6 is 0 Å². The van der Waals surface area contributed by atoms with E-state index in [1.807, 2.05) is 11.0 Å². The molecule has 3 nitrogen and oxygen atoms in total. The number of aryl methyl sites for hydroxylation is 2. The second-order valence-electron chi connectivity index (χ2n) is 5.01. The second-order valence-corrected chi connectivity index (χ2v) is 5.01. The van der Waals surface area contributed by atoms with E-state index in [0.29, 0.717) is 5.92 Å². The molecule has 1 fully saturated rings. The summed E-state index contributed by atoms with van der Waals surface area (Å²) in [5.41, 5.74) is 3.35. The Kier molecular flexibility index (Phi) is 3.71. The van der Waals surface area contributed by atoms with Crippen LogP contribution in [-0.4, -0.2) is 25.7 Å². The van der Waals surface area contributed by atoms with Gasteiger partial charge in [0.05, 0.1) is 0 Å². The van der Waals surface area contributed by atoms with Crippen LogP contribution in [0.15, 0.2) is 18.2 Å². The van der Waals surface area contributed by atoms with Gasteiger partial charge in [-0.2, -0.15) is 0 Å². The number of rotatable bonds is 3. The van der Waals surface area contributed by atoms with Gasteiger partial charge in [0.2, 0.25) is 0 Å². The molecule has 1 heterocycles. The van der Waals surface area contributed by atoms with E-state index in [4.69, 9.17) is 4.74 Å². The number of carbonyl (C=O) groups is 1. The first kappa shape index (κ1) is 13.1. The molecule has 1 saturated heterocycles. The molecule has 3 heteroatoms. The van der Waals surface area contributed by atoms with E-state index in [-0.39, 0.29) is 12.0 Å². The first-order chi connectivity index (χ1) is 8.60. The number of methoxy groups -OCH3 is 1. The predicted molar refractivity (Wildman–Crippen MR) is 72.8 cm³/mol. The first-order valence-corrected chi connectivity index (χ1v) is 6.50. The van der Waals surface area contributed by atoms with Gasteiger partial charge in [0.25, 0.3) is 5.91 Å². The number of benzene rings is 1. The number of nitrogens with zero attached hydrogens (tertiary/aromatic N) is 1. The third kappa shape index (κ3) is 2.03. The van der Waals surface area contributed by atoms with Crippen LogP contribution in [-0.2, 0) is 9.53 Å². The Bertz CT molecular complexity index is 436. The van der Waals surface area contributed by atoms with Gasteiger partial charge in [-0.25, -0.2) is 0 Å². The summed E-state index contributed by atoms with van der Waals surface area (Å²) in [4.78, 5) is 14.3. The third-order valence-electron chi connectivity index (χ3n) is 3.84. The maximum Gasteiger partial charge on any atom is 0.256 e. The van der Waals surface area contributed by atoms with Gasteiger partial charge in [-0.3, -0.25) is 4.79 Å². The molecule has 1 aliphatic heterocycles. The van der Waals surface area contributed by atoms with E-state index in [0.717, 1.165) is 29.8 Å². The minimum atomic E-state index is -0.283. The highest BCUT2D eigenvalue weighted by atomic mass is 16.5. The van der Waals surface area contributed by atoms with E-state index in [1.165, 1.54) is 0 Å². The lowest BCUT2D eigenvalue weighted by molar-refractivity contribution is -0.127. The fourth-order valence-corrected chi connectivity index (χ4v) is 2.84. The van der Waals surface area contributed by atoms with Crippen LogP contribution in [0, 0.1) is 19.8 Å². The van der Waals surface area contributed by atoms with E-state index in [1.54, 1.807) is 7.11 Å². The molecular formula is C15H21NO2. The lowest BCUT2D eigenvalue weighted by Gasteiger charge is -2.21. The van der Waals surface area contributed by atoms with Crippen LogP contribution in [0.2, 0.25) is 0 Å². The van der Waals surface area contributed by atoms with Crippen LogP contribution in [0.5, 0.6) is 0 Å². The molecule has 1 aromatic carbocycles. The molecule has 0 radical (unpaired) electrons. The van der Waals surface area contributed by atoms with Crippen molar-refractivity contribution in [3.63, 3.8) is 0 Å². The molecule has 0 bridgehead atoms. The predicted octanol–water partition coefficient (Wildman–Crippen LogP) is 2.69. The van der Waals surface area contributed by atoms with Crippen LogP contribution in [0.25, 0.3) is 0 Å². The maximum atomic E-state index is 12.4. The molecular weight excluding hydrogens is 226 g/mol. The monoisotopic (exact) mass is 247 g/mol. The van der Waals surface area contributed by atoms with Crippen LogP contribution in [0.3, 0.4) is 0 Å². The smallest absolute Gasteiger partial charge is 0.256 e. The molecule has 2 unspecified atom stereocenters. The Labute approximate surface area is 109 Å². The molecule has 0 spiro atoms. The number of carbonyl (C=O) groups excluding carboxylic acids is 1. The van der Waals surface area contributed by atoms with Crippen molar-refractivity contribution in [2.45, 2.75) is 33.3 Å². The standard InChI is InChI=1S/C15H21NO2/c1-5-12-9-16(15(17)14(12)18-4)13-10(2)7-6-8-11(13)3/h6-8,12,14H,5,9H2,1-4H3. The van der Waals surface area contributed by atoms with E-state index in [2.05, 4.69) is 32.9 Å². The summed E-state index contributed by atoms with van der Waals surface area (Å²) >= 11 is 0. The Balaban J connectivity index is 2.38. The minimum absolute atomic E-state index is 0.0988. The third-order valence-corrected chi connectivity index (χ3v) is 3.84. The largest absolute Gasteiger partial charge is 0.371 e. The zero-order chi connectivity index (χ0) is 13.3. The zero-order valence-corrected chi connectivity index (χ0v) is 11.6. The molecule has 0 aromatic heterocycles. The summed E-state index contributed by atoms with van der Waals surface area (Å²) < 4.78 is 5.37. The zero-order valence-electron chi connectivity index (χ0n) is 11.6. The summed E-state index contributed by atoms with van der Waals surface area (Å²) in [6.45, 7) is 6.98. The molecule has 0 saturated carbocycles. The summed E-state index contributed by atoms with van der Waals surface area (Å²) in [5.74, 6) is 0.392. The Morgan fingerprint density at radius 1 is 1.33 bits per heavy atom. The topological polar surface area (TPSA) is 29.5 Å². The lowest BCUT2D eigenvalue weighted by atomic mass is 10.0. The fraction of sp³-hybridized carbons (Fsp3) is 0.533. The van der Waals surface area contributed by atoms with Crippen LogP contribution in [0.1, 0.15) is 24.5 Å². The molecule has 0 N–H and O–H groups in total. The van der Waals surface area contributed by atoms with Crippen molar-refractivity contribution in [2.75, 3.05) is 18.6 Å². The van der Waals surface area contributed by atoms with Gasteiger partial charge in [0.15, 0.2) is 0 Å². The van der Waals surface area contributed by atoms with Gasteiger partial charge < -0.3 is 9.64 Å². The Morgan fingerprint density at radius 2 is 1.94 bits per heavy atom. The molecule has 1 aliphatic rings. The average molecular weight is 247 g/mol. The van der Waals surface area contributed by atoms with Crippen molar-refractivity contribution < 1.29 is 9.53 Å². The molecule has 0 aliphatic carbocycles. The van der Waals surface area contributed by atoms with Crippen molar-refractivity contribution in [1.29, 1.82) is 0 Å². The van der Waals surface area contributed by atoms with Gasteiger partial charge in [-0.1, -0.05) is 25.1 Å². The maximum absolute atomic E-state index is 12.4. The highest BCUT2D eigenvalue weighted by Gasteiger charge is 2.40. The highest BCUT2D eigenvalue weighted by Crippen LogP contribution is 2.32. The summed E-state index contributed by atoms with van der Waals surface area (Å²) in [7, 11) is 1.62. The highest BCUT2D eigenvalue weighted by molar-refractivity contribution is 6.00. The van der Waals surface area contributed by atoms with Gasteiger partial charge in [-0.05, 0) is 31.4 Å². The number of ether oxygens (including phenoxy) is 1. The SMILES string of the molecule is CCC1CN(c2c(C)cccc2C)C(=O)C1OC.